The highest BCUT2D eigenvalue weighted by Crippen LogP contribution is 2.22. The summed E-state index contributed by atoms with van der Waals surface area (Å²) < 4.78 is 0. The van der Waals surface area contributed by atoms with Crippen molar-refractivity contribution in [2.45, 2.75) is 58.0 Å². The fourth-order valence-corrected chi connectivity index (χ4v) is 2.59. The zero-order chi connectivity index (χ0) is 13.0. The van der Waals surface area contributed by atoms with Crippen LogP contribution in [0.5, 0.6) is 0 Å². The fourth-order valence-electron chi connectivity index (χ4n) is 2.59. The van der Waals surface area contributed by atoms with Crippen molar-refractivity contribution in [3.8, 4) is 0 Å². The topological polar surface area (TPSA) is 42.1 Å². The molecule has 2 atom stereocenters. The molecule has 0 aliphatic carbocycles. The highest BCUT2D eigenvalue weighted by molar-refractivity contribution is 5.41. The highest BCUT2D eigenvalue weighted by Gasteiger charge is 2.19. The third kappa shape index (κ3) is 3.22. The fraction of sp³-hybridized carbons (Fsp3) is 0.667. The van der Waals surface area contributed by atoms with Gasteiger partial charge in [0.1, 0.15) is 5.82 Å². The van der Waals surface area contributed by atoms with Gasteiger partial charge in [-0.2, -0.15) is 0 Å². The van der Waals surface area contributed by atoms with Gasteiger partial charge < -0.3 is 10.6 Å². The SMILES string of the molecule is CCC(N)Cc1ccc(N2CCCCC2C)nc1. The summed E-state index contributed by atoms with van der Waals surface area (Å²) in [5.74, 6) is 1.12. The van der Waals surface area contributed by atoms with Gasteiger partial charge in [-0.25, -0.2) is 4.98 Å². The Morgan fingerprint density at radius 1 is 1.44 bits per heavy atom. The summed E-state index contributed by atoms with van der Waals surface area (Å²) in [5.41, 5.74) is 7.22. The van der Waals surface area contributed by atoms with E-state index in [1.165, 1.54) is 24.8 Å². The van der Waals surface area contributed by atoms with E-state index in [-0.39, 0.29) is 6.04 Å². The van der Waals surface area contributed by atoms with E-state index in [4.69, 9.17) is 5.73 Å². The van der Waals surface area contributed by atoms with Crippen molar-refractivity contribution in [1.82, 2.24) is 4.98 Å². The highest BCUT2D eigenvalue weighted by atomic mass is 15.2. The lowest BCUT2D eigenvalue weighted by molar-refractivity contribution is 0.481. The molecule has 2 unspecified atom stereocenters. The average molecular weight is 247 g/mol. The van der Waals surface area contributed by atoms with E-state index in [2.05, 4.69) is 35.9 Å². The van der Waals surface area contributed by atoms with Gasteiger partial charge in [-0.15, -0.1) is 0 Å². The van der Waals surface area contributed by atoms with Crippen molar-refractivity contribution in [3.63, 3.8) is 0 Å². The molecule has 0 aromatic carbocycles. The van der Waals surface area contributed by atoms with Gasteiger partial charge in [0.15, 0.2) is 0 Å². The summed E-state index contributed by atoms with van der Waals surface area (Å²) in [4.78, 5) is 7.03. The number of pyridine rings is 1. The maximum absolute atomic E-state index is 5.97. The van der Waals surface area contributed by atoms with Crippen LogP contribution in [0.3, 0.4) is 0 Å². The molecule has 1 fully saturated rings. The van der Waals surface area contributed by atoms with Crippen molar-refractivity contribution >= 4 is 5.82 Å². The summed E-state index contributed by atoms with van der Waals surface area (Å²) >= 11 is 0. The number of aromatic nitrogens is 1. The number of rotatable bonds is 4. The van der Waals surface area contributed by atoms with Gasteiger partial charge in [-0.1, -0.05) is 13.0 Å². The van der Waals surface area contributed by atoms with Crippen LogP contribution >= 0.6 is 0 Å². The second kappa shape index (κ2) is 6.19. The Bertz CT molecular complexity index is 361. The molecule has 1 aliphatic heterocycles. The molecule has 18 heavy (non-hydrogen) atoms. The van der Waals surface area contributed by atoms with E-state index in [0.717, 1.165) is 25.2 Å². The van der Waals surface area contributed by atoms with Crippen molar-refractivity contribution in [3.05, 3.63) is 23.9 Å². The van der Waals surface area contributed by atoms with Crippen LogP contribution in [0.1, 0.15) is 45.1 Å². The molecule has 0 bridgehead atoms. The number of piperidine rings is 1. The molecule has 2 rings (SSSR count). The van der Waals surface area contributed by atoms with E-state index in [1.807, 2.05) is 6.20 Å². The summed E-state index contributed by atoms with van der Waals surface area (Å²) in [6, 6.07) is 5.21. The Kier molecular flexibility index (Phi) is 4.59. The smallest absolute Gasteiger partial charge is 0.128 e. The van der Waals surface area contributed by atoms with Gasteiger partial charge >= 0.3 is 0 Å². The average Bonchev–Trinajstić information content (AvgIpc) is 2.40. The molecule has 3 heteroatoms. The zero-order valence-corrected chi connectivity index (χ0v) is 11.6. The molecule has 1 aromatic heterocycles. The first-order valence-electron chi connectivity index (χ1n) is 7.18. The number of hydrogen-bond acceptors (Lipinski definition) is 3. The standard InChI is InChI=1S/C15H25N3/c1-3-14(16)10-13-7-8-15(17-11-13)18-9-5-4-6-12(18)2/h7-8,11-12,14H,3-6,9-10,16H2,1-2H3. The Labute approximate surface area is 110 Å². The summed E-state index contributed by atoms with van der Waals surface area (Å²) in [6.45, 7) is 5.56. The molecule has 1 aliphatic rings. The normalized spacial score (nSPS) is 21.9. The van der Waals surface area contributed by atoms with Crippen LogP contribution in [-0.2, 0) is 6.42 Å². The minimum absolute atomic E-state index is 0.256. The molecule has 2 N–H and O–H groups in total. The molecule has 0 saturated carbocycles. The van der Waals surface area contributed by atoms with Crippen LogP contribution in [-0.4, -0.2) is 23.6 Å². The maximum Gasteiger partial charge on any atom is 0.128 e. The molecule has 0 radical (unpaired) electrons. The van der Waals surface area contributed by atoms with E-state index < -0.39 is 0 Å². The predicted octanol–water partition coefficient (Wildman–Crippen LogP) is 2.74. The molecule has 3 nitrogen and oxygen atoms in total. The van der Waals surface area contributed by atoms with Gasteiger partial charge in [0.25, 0.3) is 0 Å². The Morgan fingerprint density at radius 3 is 2.89 bits per heavy atom. The van der Waals surface area contributed by atoms with Crippen molar-refractivity contribution in [2.75, 3.05) is 11.4 Å². The van der Waals surface area contributed by atoms with Crippen LogP contribution in [0.4, 0.5) is 5.82 Å². The summed E-state index contributed by atoms with van der Waals surface area (Å²) in [7, 11) is 0. The van der Waals surface area contributed by atoms with Crippen LogP contribution in [0, 0.1) is 0 Å². The summed E-state index contributed by atoms with van der Waals surface area (Å²) in [5, 5.41) is 0. The minimum atomic E-state index is 0.256. The monoisotopic (exact) mass is 247 g/mol. The first-order valence-corrected chi connectivity index (χ1v) is 7.18. The first kappa shape index (κ1) is 13.3. The third-order valence-corrected chi connectivity index (χ3v) is 3.93. The maximum atomic E-state index is 5.97. The Morgan fingerprint density at radius 2 is 2.28 bits per heavy atom. The molecule has 0 amide bonds. The number of nitrogens with two attached hydrogens (primary N) is 1. The lowest BCUT2D eigenvalue weighted by atomic mass is 10.0. The Balaban J connectivity index is 2.02. The van der Waals surface area contributed by atoms with Crippen LogP contribution in [0.2, 0.25) is 0 Å². The largest absolute Gasteiger partial charge is 0.354 e. The van der Waals surface area contributed by atoms with Gasteiger partial charge in [0.2, 0.25) is 0 Å². The third-order valence-electron chi connectivity index (χ3n) is 3.93. The number of nitrogens with zero attached hydrogens (tertiary/aromatic N) is 2. The molecular formula is C15H25N3. The van der Waals surface area contributed by atoms with E-state index in [1.54, 1.807) is 0 Å². The molecule has 0 spiro atoms. The van der Waals surface area contributed by atoms with Crippen LogP contribution < -0.4 is 10.6 Å². The van der Waals surface area contributed by atoms with Crippen molar-refractivity contribution in [1.29, 1.82) is 0 Å². The van der Waals surface area contributed by atoms with E-state index in [9.17, 15) is 0 Å². The van der Waals surface area contributed by atoms with Crippen LogP contribution in [0.15, 0.2) is 18.3 Å². The lowest BCUT2D eigenvalue weighted by Gasteiger charge is -2.34. The van der Waals surface area contributed by atoms with E-state index >= 15 is 0 Å². The van der Waals surface area contributed by atoms with E-state index in [0.29, 0.717) is 6.04 Å². The molecule has 2 heterocycles. The van der Waals surface area contributed by atoms with Gasteiger partial charge in [-0.05, 0) is 50.7 Å². The lowest BCUT2D eigenvalue weighted by Crippen LogP contribution is -2.37. The van der Waals surface area contributed by atoms with Gasteiger partial charge in [0, 0.05) is 24.8 Å². The second-order valence-corrected chi connectivity index (χ2v) is 5.44. The first-order chi connectivity index (χ1) is 8.70. The second-order valence-electron chi connectivity index (χ2n) is 5.44. The zero-order valence-electron chi connectivity index (χ0n) is 11.6. The molecule has 1 aromatic rings. The quantitative estimate of drug-likeness (QED) is 0.889. The molecular weight excluding hydrogens is 222 g/mol. The predicted molar refractivity (Wildman–Crippen MR) is 76.9 cm³/mol. The van der Waals surface area contributed by atoms with Gasteiger partial charge in [0.05, 0.1) is 0 Å². The number of anilines is 1. The van der Waals surface area contributed by atoms with Crippen molar-refractivity contribution in [2.24, 2.45) is 5.73 Å². The number of hydrogen-bond donors (Lipinski definition) is 1. The minimum Gasteiger partial charge on any atom is -0.354 e. The van der Waals surface area contributed by atoms with Crippen LogP contribution in [0.25, 0.3) is 0 Å². The molecule has 1 saturated heterocycles. The van der Waals surface area contributed by atoms with Crippen molar-refractivity contribution < 1.29 is 0 Å². The summed E-state index contributed by atoms with van der Waals surface area (Å²) in [6.07, 6.45) is 7.86. The molecule has 100 valence electrons. The van der Waals surface area contributed by atoms with Gasteiger partial charge in [-0.3, -0.25) is 0 Å². The Hall–Kier alpha value is -1.09.